The first kappa shape index (κ1) is 15.1. The van der Waals surface area contributed by atoms with Gasteiger partial charge < -0.3 is 5.32 Å². The monoisotopic (exact) mass is 291 g/mol. The number of hydrogen-bond acceptors (Lipinski definition) is 2. The third kappa shape index (κ3) is 3.22. The zero-order valence-corrected chi connectivity index (χ0v) is 13.1. The molecule has 0 spiro atoms. The van der Waals surface area contributed by atoms with Crippen molar-refractivity contribution in [1.82, 2.24) is 15.1 Å². The van der Waals surface area contributed by atoms with Crippen molar-refractivity contribution in [3.63, 3.8) is 0 Å². The van der Waals surface area contributed by atoms with Gasteiger partial charge >= 0.3 is 0 Å². The Morgan fingerprint density at radius 2 is 1.95 bits per heavy atom. The van der Waals surface area contributed by atoms with Gasteiger partial charge in [0.25, 0.3) is 0 Å². The number of nitrogens with one attached hydrogen (secondary N) is 1. The summed E-state index contributed by atoms with van der Waals surface area (Å²) in [5, 5.41) is 8.64. The van der Waals surface area contributed by atoms with E-state index in [4.69, 9.17) is 11.6 Å². The maximum atomic E-state index is 6.37. The SMILES string of the molecule is CCCn1ncc(Cl)c1C(NCC)c1ccc(C)cc1. The van der Waals surface area contributed by atoms with Gasteiger partial charge in [-0.1, -0.05) is 55.3 Å². The van der Waals surface area contributed by atoms with Crippen LogP contribution in [-0.4, -0.2) is 16.3 Å². The zero-order chi connectivity index (χ0) is 14.5. The molecule has 3 nitrogen and oxygen atoms in total. The predicted octanol–water partition coefficient (Wildman–Crippen LogP) is 3.95. The molecule has 4 heteroatoms. The number of nitrogens with zero attached hydrogens (tertiary/aromatic N) is 2. The second-order valence-electron chi connectivity index (χ2n) is 5.00. The second kappa shape index (κ2) is 6.91. The minimum absolute atomic E-state index is 0.0853. The molecule has 0 saturated heterocycles. The number of benzene rings is 1. The van der Waals surface area contributed by atoms with E-state index in [9.17, 15) is 0 Å². The number of rotatable bonds is 6. The molecule has 20 heavy (non-hydrogen) atoms. The fourth-order valence-electron chi connectivity index (χ4n) is 2.38. The molecular formula is C16H22ClN3. The van der Waals surface area contributed by atoms with Gasteiger partial charge in [0.15, 0.2) is 0 Å². The molecule has 1 aromatic carbocycles. The van der Waals surface area contributed by atoms with Crippen LogP contribution in [0.1, 0.15) is 43.1 Å². The average molecular weight is 292 g/mol. The normalized spacial score (nSPS) is 12.6. The summed E-state index contributed by atoms with van der Waals surface area (Å²) >= 11 is 6.37. The standard InChI is InChI=1S/C16H22ClN3/c1-4-10-20-16(14(17)11-19-20)15(18-5-2)13-8-6-12(3)7-9-13/h6-9,11,15,18H,4-5,10H2,1-3H3. The van der Waals surface area contributed by atoms with Gasteiger partial charge in [0.1, 0.15) is 0 Å². The minimum Gasteiger partial charge on any atom is -0.305 e. The molecule has 0 bridgehead atoms. The molecular weight excluding hydrogens is 270 g/mol. The van der Waals surface area contributed by atoms with Crippen LogP contribution in [0.4, 0.5) is 0 Å². The van der Waals surface area contributed by atoms with Crippen molar-refractivity contribution in [3.05, 3.63) is 52.3 Å². The van der Waals surface area contributed by atoms with Crippen LogP contribution in [0.2, 0.25) is 5.02 Å². The van der Waals surface area contributed by atoms with Crippen molar-refractivity contribution >= 4 is 11.6 Å². The first-order valence-corrected chi connectivity index (χ1v) is 7.56. The Labute approximate surface area is 126 Å². The third-order valence-corrected chi connectivity index (χ3v) is 3.65. The summed E-state index contributed by atoms with van der Waals surface area (Å²) in [4.78, 5) is 0. The van der Waals surface area contributed by atoms with Crippen molar-refractivity contribution in [2.24, 2.45) is 0 Å². The average Bonchev–Trinajstić information content (AvgIpc) is 2.79. The van der Waals surface area contributed by atoms with E-state index in [1.807, 2.05) is 4.68 Å². The number of halogens is 1. The van der Waals surface area contributed by atoms with E-state index in [0.717, 1.165) is 30.2 Å². The summed E-state index contributed by atoms with van der Waals surface area (Å²) in [5.41, 5.74) is 3.54. The maximum absolute atomic E-state index is 6.37. The van der Waals surface area contributed by atoms with Crippen LogP contribution >= 0.6 is 11.6 Å². The molecule has 0 saturated carbocycles. The molecule has 0 radical (unpaired) electrons. The first-order valence-electron chi connectivity index (χ1n) is 7.18. The van der Waals surface area contributed by atoms with Gasteiger partial charge in [-0.3, -0.25) is 4.68 Å². The highest BCUT2D eigenvalue weighted by Gasteiger charge is 2.21. The molecule has 0 amide bonds. The van der Waals surface area contributed by atoms with Gasteiger partial charge in [0, 0.05) is 6.54 Å². The fourth-order valence-corrected chi connectivity index (χ4v) is 2.63. The Morgan fingerprint density at radius 3 is 2.55 bits per heavy atom. The third-order valence-electron chi connectivity index (χ3n) is 3.36. The summed E-state index contributed by atoms with van der Waals surface area (Å²) in [6, 6.07) is 8.66. The van der Waals surface area contributed by atoms with Gasteiger partial charge in [0.05, 0.1) is 23.0 Å². The van der Waals surface area contributed by atoms with E-state index in [1.165, 1.54) is 11.1 Å². The molecule has 1 aromatic heterocycles. The molecule has 1 N–H and O–H groups in total. The second-order valence-corrected chi connectivity index (χ2v) is 5.41. The Bertz CT molecular complexity index is 545. The number of aromatic nitrogens is 2. The van der Waals surface area contributed by atoms with E-state index >= 15 is 0 Å². The van der Waals surface area contributed by atoms with Gasteiger partial charge in [0.2, 0.25) is 0 Å². The molecule has 1 heterocycles. The van der Waals surface area contributed by atoms with Crippen LogP contribution in [0, 0.1) is 6.92 Å². The molecule has 2 rings (SSSR count). The largest absolute Gasteiger partial charge is 0.305 e. The van der Waals surface area contributed by atoms with E-state index in [1.54, 1.807) is 6.20 Å². The molecule has 2 aromatic rings. The van der Waals surface area contributed by atoms with Crippen molar-refractivity contribution in [2.75, 3.05) is 6.54 Å². The maximum Gasteiger partial charge on any atom is 0.0837 e. The van der Waals surface area contributed by atoms with Crippen molar-refractivity contribution in [2.45, 2.75) is 39.8 Å². The Balaban J connectivity index is 2.42. The van der Waals surface area contributed by atoms with Crippen molar-refractivity contribution in [1.29, 1.82) is 0 Å². The summed E-state index contributed by atoms with van der Waals surface area (Å²) in [6.45, 7) is 8.12. The van der Waals surface area contributed by atoms with Gasteiger partial charge in [-0.05, 0) is 25.5 Å². The highest BCUT2D eigenvalue weighted by atomic mass is 35.5. The van der Waals surface area contributed by atoms with Crippen LogP contribution in [0.3, 0.4) is 0 Å². The lowest BCUT2D eigenvalue weighted by molar-refractivity contribution is 0.520. The van der Waals surface area contributed by atoms with Gasteiger partial charge in [-0.2, -0.15) is 5.10 Å². The fraction of sp³-hybridized carbons (Fsp3) is 0.438. The van der Waals surface area contributed by atoms with Crippen LogP contribution < -0.4 is 5.32 Å². The minimum atomic E-state index is 0.0853. The molecule has 0 fully saturated rings. The van der Waals surface area contributed by atoms with E-state index in [0.29, 0.717) is 0 Å². The predicted molar refractivity (Wildman–Crippen MR) is 84.2 cm³/mol. The molecule has 0 aliphatic heterocycles. The van der Waals surface area contributed by atoms with Gasteiger partial charge in [-0.25, -0.2) is 0 Å². The van der Waals surface area contributed by atoms with Crippen LogP contribution in [0.5, 0.6) is 0 Å². The molecule has 0 aliphatic rings. The molecule has 108 valence electrons. The Morgan fingerprint density at radius 1 is 1.25 bits per heavy atom. The van der Waals surface area contributed by atoms with Crippen LogP contribution in [0.25, 0.3) is 0 Å². The Hall–Kier alpha value is -1.32. The van der Waals surface area contributed by atoms with E-state index in [-0.39, 0.29) is 6.04 Å². The lowest BCUT2D eigenvalue weighted by atomic mass is 10.0. The zero-order valence-electron chi connectivity index (χ0n) is 12.4. The lowest BCUT2D eigenvalue weighted by Crippen LogP contribution is -2.25. The van der Waals surface area contributed by atoms with Crippen molar-refractivity contribution in [3.8, 4) is 0 Å². The van der Waals surface area contributed by atoms with Gasteiger partial charge in [-0.15, -0.1) is 0 Å². The van der Waals surface area contributed by atoms with E-state index < -0.39 is 0 Å². The number of hydrogen-bond donors (Lipinski definition) is 1. The van der Waals surface area contributed by atoms with Crippen LogP contribution in [0.15, 0.2) is 30.5 Å². The van der Waals surface area contributed by atoms with Crippen molar-refractivity contribution < 1.29 is 0 Å². The number of aryl methyl sites for hydroxylation is 2. The smallest absolute Gasteiger partial charge is 0.0837 e. The van der Waals surface area contributed by atoms with E-state index in [2.05, 4.69) is 55.5 Å². The molecule has 0 aliphatic carbocycles. The van der Waals surface area contributed by atoms with Crippen LogP contribution in [-0.2, 0) is 6.54 Å². The topological polar surface area (TPSA) is 29.9 Å². The lowest BCUT2D eigenvalue weighted by Gasteiger charge is -2.20. The highest BCUT2D eigenvalue weighted by molar-refractivity contribution is 6.31. The summed E-state index contributed by atoms with van der Waals surface area (Å²) in [5.74, 6) is 0. The summed E-state index contributed by atoms with van der Waals surface area (Å²) in [7, 11) is 0. The summed E-state index contributed by atoms with van der Waals surface area (Å²) in [6.07, 6.45) is 2.78. The molecule has 1 unspecified atom stereocenters. The Kier molecular flexibility index (Phi) is 5.21. The summed E-state index contributed by atoms with van der Waals surface area (Å²) < 4.78 is 2.01. The first-order chi connectivity index (χ1) is 9.67. The quantitative estimate of drug-likeness (QED) is 0.873. The molecule has 1 atom stereocenters. The highest BCUT2D eigenvalue weighted by Crippen LogP contribution is 2.28.